The van der Waals surface area contributed by atoms with Gasteiger partial charge in [-0.05, 0) is 55.5 Å². The molecule has 0 spiro atoms. The summed E-state index contributed by atoms with van der Waals surface area (Å²) in [5.74, 6) is 0. The molecule has 0 atom stereocenters. The maximum atomic E-state index is 10.7. The molecular weight excluding hydrogens is 350 g/mol. The van der Waals surface area contributed by atoms with Crippen molar-refractivity contribution < 1.29 is 13.0 Å². The highest BCUT2D eigenvalue weighted by atomic mass is 32.2. The first-order valence-corrected chi connectivity index (χ1v) is 10.2. The van der Waals surface area contributed by atoms with Gasteiger partial charge in [0.05, 0.1) is 15.1 Å². The average molecular weight is 368 g/mol. The Labute approximate surface area is 144 Å². The van der Waals surface area contributed by atoms with Gasteiger partial charge in [0.25, 0.3) is 10.1 Å². The highest BCUT2D eigenvalue weighted by Crippen LogP contribution is 2.27. The molecule has 1 aromatic heterocycles. The number of fused-ring (bicyclic) bond motifs is 1. The summed E-state index contributed by atoms with van der Waals surface area (Å²) in [6, 6.07) is 12.7. The van der Waals surface area contributed by atoms with Crippen LogP contribution in [-0.2, 0) is 10.1 Å². The number of nitrogens with zero attached hydrogens (tertiary/aromatic N) is 1. The third-order valence-electron chi connectivity index (χ3n) is 3.23. The number of hydrogen-bond acceptors (Lipinski definition) is 5. The van der Waals surface area contributed by atoms with E-state index < -0.39 is 10.1 Å². The maximum absolute atomic E-state index is 10.7. The first-order chi connectivity index (χ1) is 10.8. The molecule has 0 radical (unpaired) electrons. The van der Waals surface area contributed by atoms with E-state index in [1.54, 1.807) is 36.1 Å². The fourth-order valence-electron chi connectivity index (χ4n) is 1.81. The molecular formula is C16H17NO3S3. The number of thiazole rings is 1. The number of rotatable bonds is 2. The van der Waals surface area contributed by atoms with Crippen LogP contribution in [0.1, 0.15) is 11.1 Å². The summed E-state index contributed by atoms with van der Waals surface area (Å²) < 4.78 is 32.4. The van der Waals surface area contributed by atoms with Crippen molar-refractivity contribution in [2.45, 2.75) is 23.1 Å². The molecule has 1 heterocycles. The van der Waals surface area contributed by atoms with Crippen LogP contribution >= 0.6 is 23.1 Å². The van der Waals surface area contributed by atoms with Crippen molar-refractivity contribution in [3.8, 4) is 0 Å². The fourth-order valence-corrected chi connectivity index (χ4v) is 3.87. The molecule has 0 aliphatic carbocycles. The Balaban J connectivity index is 0.000000167. The second kappa shape index (κ2) is 7.44. The molecule has 0 fully saturated rings. The smallest absolute Gasteiger partial charge is 0.282 e. The van der Waals surface area contributed by atoms with Crippen molar-refractivity contribution in [1.82, 2.24) is 4.98 Å². The summed E-state index contributed by atoms with van der Waals surface area (Å²) in [4.78, 5) is 4.36. The topological polar surface area (TPSA) is 67.3 Å². The lowest BCUT2D eigenvalue weighted by Crippen LogP contribution is -1.98. The zero-order valence-electron chi connectivity index (χ0n) is 13.0. The molecule has 0 aliphatic heterocycles. The van der Waals surface area contributed by atoms with Gasteiger partial charge >= 0.3 is 0 Å². The Kier molecular flexibility index (Phi) is 5.80. The van der Waals surface area contributed by atoms with E-state index in [0.29, 0.717) is 0 Å². The molecule has 0 saturated carbocycles. The molecule has 3 aromatic rings. The third-order valence-corrected chi connectivity index (χ3v) is 6.10. The number of benzene rings is 2. The second-order valence-corrected chi connectivity index (χ2v) is 8.38. The van der Waals surface area contributed by atoms with Crippen LogP contribution in [0.2, 0.25) is 0 Å². The van der Waals surface area contributed by atoms with E-state index in [2.05, 4.69) is 17.3 Å². The monoisotopic (exact) mass is 367 g/mol. The minimum atomic E-state index is -4.04. The van der Waals surface area contributed by atoms with Crippen LogP contribution in [0.15, 0.2) is 51.7 Å². The summed E-state index contributed by atoms with van der Waals surface area (Å²) in [6.07, 6.45) is 2.05. The van der Waals surface area contributed by atoms with Crippen LogP contribution in [0.4, 0.5) is 0 Å². The number of aromatic nitrogens is 1. The number of aryl methyl sites for hydroxylation is 2. The Bertz CT molecular complexity index is 884. The van der Waals surface area contributed by atoms with Crippen LogP contribution in [0.5, 0.6) is 0 Å². The molecule has 0 aliphatic rings. The van der Waals surface area contributed by atoms with E-state index in [-0.39, 0.29) is 4.90 Å². The summed E-state index contributed by atoms with van der Waals surface area (Å²) in [6.45, 7) is 3.67. The van der Waals surface area contributed by atoms with Crippen LogP contribution in [0.25, 0.3) is 10.2 Å². The van der Waals surface area contributed by atoms with Crippen LogP contribution in [0.3, 0.4) is 0 Å². The predicted octanol–water partition coefficient (Wildman–Crippen LogP) is 4.57. The van der Waals surface area contributed by atoms with Crippen LogP contribution in [-0.4, -0.2) is 24.2 Å². The summed E-state index contributed by atoms with van der Waals surface area (Å²) in [5, 5.41) is 0. The normalized spacial score (nSPS) is 11.1. The van der Waals surface area contributed by atoms with Gasteiger partial charge in [0, 0.05) is 0 Å². The molecule has 0 amide bonds. The van der Waals surface area contributed by atoms with Crippen LogP contribution < -0.4 is 0 Å². The van der Waals surface area contributed by atoms with Crippen molar-refractivity contribution in [2.24, 2.45) is 0 Å². The fraction of sp³-hybridized carbons (Fsp3) is 0.188. The lowest BCUT2D eigenvalue weighted by atomic mass is 10.1. The lowest BCUT2D eigenvalue weighted by Gasteiger charge is -2.01. The van der Waals surface area contributed by atoms with Crippen molar-refractivity contribution >= 4 is 43.4 Å². The average Bonchev–Trinajstić information content (AvgIpc) is 2.93. The molecule has 23 heavy (non-hydrogen) atoms. The number of thioether (sulfide) groups is 1. The first-order valence-electron chi connectivity index (χ1n) is 6.75. The first kappa shape index (κ1) is 17.9. The zero-order valence-corrected chi connectivity index (χ0v) is 15.4. The summed E-state index contributed by atoms with van der Waals surface area (Å²) >= 11 is 3.45. The van der Waals surface area contributed by atoms with E-state index >= 15 is 0 Å². The second-order valence-electron chi connectivity index (χ2n) is 4.87. The zero-order chi connectivity index (χ0) is 17.0. The van der Waals surface area contributed by atoms with Crippen molar-refractivity contribution in [3.05, 3.63) is 53.6 Å². The molecule has 2 aromatic carbocycles. The molecule has 0 unspecified atom stereocenters. The summed E-state index contributed by atoms with van der Waals surface area (Å²) in [7, 11) is -4.04. The van der Waals surface area contributed by atoms with Gasteiger partial charge in [-0.25, -0.2) is 4.98 Å². The quantitative estimate of drug-likeness (QED) is 0.531. The standard InChI is InChI=1S/C8H7NS2.C8H10O3S/c1-10-8-9-6-4-2-3-5-7(6)11-8;1-6-3-4-8(5-7(6)2)12(9,10)11/h2-5H,1H3;3-5H,1-2H3,(H,9,10,11). The van der Waals surface area contributed by atoms with Gasteiger partial charge in [-0.2, -0.15) is 8.42 Å². The Hall–Kier alpha value is -1.41. The lowest BCUT2D eigenvalue weighted by molar-refractivity contribution is 0.483. The third kappa shape index (κ3) is 4.78. The number of hydrogen-bond donors (Lipinski definition) is 1. The van der Waals surface area contributed by atoms with Gasteiger partial charge in [0.1, 0.15) is 0 Å². The SMILES string of the molecule is CSc1nc2ccccc2s1.Cc1ccc(S(=O)(=O)O)cc1C. The number of para-hydroxylation sites is 1. The Morgan fingerprint density at radius 2 is 1.78 bits per heavy atom. The Morgan fingerprint density at radius 3 is 2.35 bits per heavy atom. The molecule has 0 saturated heterocycles. The van der Waals surface area contributed by atoms with Gasteiger partial charge in [0.15, 0.2) is 4.34 Å². The molecule has 0 bridgehead atoms. The van der Waals surface area contributed by atoms with Gasteiger partial charge in [0.2, 0.25) is 0 Å². The van der Waals surface area contributed by atoms with E-state index in [9.17, 15) is 8.42 Å². The largest absolute Gasteiger partial charge is 0.294 e. The van der Waals surface area contributed by atoms with Crippen molar-refractivity contribution in [2.75, 3.05) is 6.26 Å². The van der Waals surface area contributed by atoms with Crippen molar-refractivity contribution in [3.63, 3.8) is 0 Å². The van der Waals surface area contributed by atoms with E-state index in [0.717, 1.165) is 21.0 Å². The minimum absolute atomic E-state index is 0.0504. The molecule has 122 valence electrons. The Morgan fingerprint density at radius 1 is 1.09 bits per heavy atom. The summed E-state index contributed by atoms with van der Waals surface area (Å²) in [5.41, 5.74) is 2.97. The maximum Gasteiger partial charge on any atom is 0.294 e. The highest BCUT2D eigenvalue weighted by molar-refractivity contribution is 8.00. The predicted molar refractivity (Wildman–Crippen MR) is 97.1 cm³/mol. The van der Waals surface area contributed by atoms with Gasteiger partial charge in [-0.3, -0.25) is 4.55 Å². The molecule has 1 N–H and O–H groups in total. The molecule has 4 nitrogen and oxygen atoms in total. The van der Waals surface area contributed by atoms with Crippen LogP contribution in [0, 0.1) is 13.8 Å². The van der Waals surface area contributed by atoms with Gasteiger partial charge in [-0.1, -0.05) is 30.0 Å². The van der Waals surface area contributed by atoms with Gasteiger partial charge < -0.3 is 0 Å². The van der Waals surface area contributed by atoms with E-state index in [1.807, 2.05) is 25.1 Å². The van der Waals surface area contributed by atoms with Gasteiger partial charge in [-0.15, -0.1) is 11.3 Å². The minimum Gasteiger partial charge on any atom is -0.282 e. The molecule has 7 heteroatoms. The highest BCUT2D eigenvalue weighted by Gasteiger charge is 2.09. The van der Waals surface area contributed by atoms with E-state index in [1.165, 1.54) is 16.8 Å². The molecule has 3 rings (SSSR count). The van der Waals surface area contributed by atoms with E-state index in [4.69, 9.17) is 4.55 Å². The van der Waals surface area contributed by atoms with Crippen molar-refractivity contribution in [1.29, 1.82) is 0 Å².